The van der Waals surface area contributed by atoms with Crippen molar-refractivity contribution in [3.8, 4) is 11.3 Å². The molecule has 2 aromatic rings. The lowest BCUT2D eigenvalue weighted by atomic mass is 9.79. The van der Waals surface area contributed by atoms with Gasteiger partial charge < -0.3 is 19.5 Å². The second kappa shape index (κ2) is 9.77. The van der Waals surface area contributed by atoms with Gasteiger partial charge in [-0.15, -0.1) is 0 Å². The average molecular weight is 484 g/mol. The van der Waals surface area contributed by atoms with Gasteiger partial charge in [-0.3, -0.25) is 25.2 Å². The Morgan fingerprint density at radius 2 is 1.63 bits per heavy atom. The molecule has 0 spiro atoms. The molecule has 1 saturated carbocycles. The lowest BCUT2D eigenvalue weighted by Gasteiger charge is -2.39. The van der Waals surface area contributed by atoms with E-state index >= 15 is 0 Å². The van der Waals surface area contributed by atoms with Crippen molar-refractivity contribution < 1.29 is 28.4 Å². The van der Waals surface area contributed by atoms with Gasteiger partial charge in [0.25, 0.3) is 5.91 Å². The molecule has 2 aliphatic rings. The molecule has 0 radical (unpaired) electrons. The fourth-order valence-electron chi connectivity index (χ4n) is 3.78. The van der Waals surface area contributed by atoms with Crippen LogP contribution in [-0.4, -0.2) is 58.6 Å². The first-order chi connectivity index (χ1) is 16.6. The molecule has 4 rings (SSSR count). The SMILES string of the molecule is CC(C)(C)OC(=O)N1CC(C(=O)NNC(=O)[C@H]2C[C@H](NC(=O)c3cc(-c4ccccc4)on3)C2)C1. The Labute approximate surface area is 202 Å². The standard InChI is InChI=1S/C24H29N5O6/c1-24(2,3)34-23(33)29-12-16(13-29)21(31)27-26-20(30)15-9-17(10-15)25-22(32)18-11-19(35-28-18)14-7-5-4-6-8-14/h4-8,11,15-17H,9-10,12-13H2,1-3H3,(H,25,32)(H,26,30)(H,27,31)/t15-,17-. The third-order valence-electron chi connectivity index (χ3n) is 5.86. The normalized spacial score (nSPS) is 19.7. The van der Waals surface area contributed by atoms with Crippen LogP contribution in [0.2, 0.25) is 0 Å². The van der Waals surface area contributed by atoms with Gasteiger partial charge in [-0.1, -0.05) is 35.5 Å². The first-order valence-electron chi connectivity index (χ1n) is 11.5. The van der Waals surface area contributed by atoms with Crippen LogP contribution in [0.5, 0.6) is 0 Å². The van der Waals surface area contributed by atoms with Gasteiger partial charge in [0.15, 0.2) is 11.5 Å². The number of hydrazine groups is 1. The number of carbonyl (C=O) groups excluding carboxylic acids is 4. The van der Waals surface area contributed by atoms with Crippen molar-refractivity contribution in [2.45, 2.75) is 45.3 Å². The van der Waals surface area contributed by atoms with Crippen molar-refractivity contribution in [1.29, 1.82) is 0 Å². The number of hydrogen-bond donors (Lipinski definition) is 3. The zero-order valence-electron chi connectivity index (χ0n) is 19.9. The van der Waals surface area contributed by atoms with Gasteiger partial charge >= 0.3 is 6.09 Å². The molecular formula is C24H29N5O6. The van der Waals surface area contributed by atoms with Crippen LogP contribution in [0, 0.1) is 11.8 Å². The van der Waals surface area contributed by atoms with Gasteiger partial charge in [0.2, 0.25) is 11.8 Å². The highest BCUT2D eigenvalue weighted by atomic mass is 16.6. The van der Waals surface area contributed by atoms with E-state index < -0.39 is 17.6 Å². The van der Waals surface area contributed by atoms with Crippen LogP contribution in [0.3, 0.4) is 0 Å². The van der Waals surface area contributed by atoms with Gasteiger partial charge in [-0.05, 0) is 33.6 Å². The number of hydrogen-bond acceptors (Lipinski definition) is 7. The van der Waals surface area contributed by atoms with Crippen molar-refractivity contribution in [2.75, 3.05) is 13.1 Å². The Morgan fingerprint density at radius 3 is 2.26 bits per heavy atom. The van der Waals surface area contributed by atoms with Crippen LogP contribution in [0.1, 0.15) is 44.1 Å². The monoisotopic (exact) mass is 483 g/mol. The predicted octanol–water partition coefficient (Wildman–Crippen LogP) is 1.86. The minimum Gasteiger partial charge on any atom is -0.444 e. The van der Waals surface area contributed by atoms with E-state index in [-0.39, 0.29) is 48.5 Å². The molecular weight excluding hydrogens is 454 g/mol. The summed E-state index contributed by atoms with van der Waals surface area (Å²) in [4.78, 5) is 50.3. The number of amides is 4. The quantitative estimate of drug-likeness (QED) is 0.551. The van der Waals surface area contributed by atoms with Gasteiger partial charge in [0.05, 0.1) is 5.92 Å². The average Bonchev–Trinajstić information content (AvgIpc) is 3.23. The van der Waals surface area contributed by atoms with E-state index in [0.29, 0.717) is 18.6 Å². The van der Waals surface area contributed by atoms with Gasteiger partial charge in [0, 0.05) is 36.7 Å². The zero-order valence-corrected chi connectivity index (χ0v) is 19.9. The Bertz CT molecular complexity index is 1100. The molecule has 186 valence electrons. The molecule has 1 aromatic heterocycles. The van der Waals surface area contributed by atoms with Crippen LogP contribution in [0.25, 0.3) is 11.3 Å². The molecule has 1 aliphatic heterocycles. The van der Waals surface area contributed by atoms with E-state index in [1.54, 1.807) is 26.8 Å². The summed E-state index contributed by atoms with van der Waals surface area (Å²) in [5.74, 6) is -1.27. The maximum Gasteiger partial charge on any atom is 0.410 e. The number of benzene rings is 1. The van der Waals surface area contributed by atoms with Crippen LogP contribution in [-0.2, 0) is 14.3 Å². The summed E-state index contributed by atoms with van der Waals surface area (Å²) in [5, 5.41) is 6.66. The zero-order chi connectivity index (χ0) is 25.2. The summed E-state index contributed by atoms with van der Waals surface area (Å²) in [6.07, 6.45) is 0.439. The Hall–Kier alpha value is -3.89. The van der Waals surface area contributed by atoms with Gasteiger partial charge in [0.1, 0.15) is 5.60 Å². The van der Waals surface area contributed by atoms with Crippen molar-refractivity contribution in [3.63, 3.8) is 0 Å². The summed E-state index contributed by atoms with van der Waals surface area (Å²) in [6, 6.07) is 10.7. The molecule has 0 atom stereocenters. The van der Waals surface area contributed by atoms with Crippen LogP contribution in [0.4, 0.5) is 4.79 Å². The molecule has 4 amide bonds. The van der Waals surface area contributed by atoms with E-state index in [1.165, 1.54) is 4.90 Å². The third-order valence-corrected chi connectivity index (χ3v) is 5.86. The molecule has 1 aliphatic carbocycles. The Kier molecular flexibility index (Phi) is 6.77. The largest absolute Gasteiger partial charge is 0.444 e. The highest BCUT2D eigenvalue weighted by molar-refractivity contribution is 5.93. The molecule has 11 heteroatoms. The molecule has 11 nitrogen and oxygen atoms in total. The minimum atomic E-state index is -0.599. The molecule has 35 heavy (non-hydrogen) atoms. The maximum atomic E-state index is 12.4. The second-order valence-electron chi connectivity index (χ2n) is 9.84. The smallest absolute Gasteiger partial charge is 0.410 e. The fourth-order valence-corrected chi connectivity index (χ4v) is 3.78. The number of likely N-dealkylation sites (tertiary alicyclic amines) is 1. The molecule has 0 bridgehead atoms. The molecule has 0 unspecified atom stereocenters. The lowest BCUT2D eigenvalue weighted by Crippen LogP contribution is -2.59. The molecule has 1 saturated heterocycles. The number of carbonyl (C=O) groups is 4. The van der Waals surface area contributed by atoms with E-state index in [9.17, 15) is 19.2 Å². The van der Waals surface area contributed by atoms with Gasteiger partial charge in [-0.2, -0.15) is 0 Å². The second-order valence-corrected chi connectivity index (χ2v) is 9.84. The molecule has 3 N–H and O–H groups in total. The number of aromatic nitrogens is 1. The lowest BCUT2D eigenvalue weighted by molar-refractivity contribution is -0.137. The maximum absolute atomic E-state index is 12.4. The molecule has 2 fully saturated rings. The van der Waals surface area contributed by atoms with Crippen molar-refractivity contribution in [1.82, 2.24) is 26.2 Å². The fraction of sp³-hybridized carbons (Fsp3) is 0.458. The third kappa shape index (κ3) is 5.97. The van der Waals surface area contributed by atoms with Crippen LogP contribution >= 0.6 is 0 Å². The van der Waals surface area contributed by atoms with Gasteiger partial charge in [-0.25, -0.2) is 4.79 Å². The summed E-state index contributed by atoms with van der Waals surface area (Å²) < 4.78 is 10.5. The Balaban J connectivity index is 1.13. The van der Waals surface area contributed by atoms with Crippen LogP contribution in [0.15, 0.2) is 40.9 Å². The van der Waals surface area contributed by atoms with Crippen molar-refractivity contribution >= 4 is 23.8 Å². The summed E-state index contributed by atoms with van der Waals surface area (Å²) >= 11 is 0. The molecule has 1 aromatic carbocycles. The summed E-state index contributed by atoms with van der Waals surface area (Å²) in [5.41, 5.74) is 5.24. The number of nitrogens with one attached hydrogen (secondary N) is 3. The number of nitrogens with zero attached hydrogens (tertiary/aromatic N) is 2. The molecule has 2 heterocycles. The Morgan fingerprint density at radius 1 is 1.00 bits per heavy atom. The van der Waals surface area contributed by atoms with Crippen molar-refractivity contribution in [2.24, 2.45) is 11.8 Å². The number of rotatable bonds is 5. The summed E-state index contributed by atoms with van der Waals surface area (Å²) in [7, 11) is 0. The highest BCUT2D eigenvalue weighted by Crippen LogP contribution is 2.28. The van der Waals surface area contributed by atoms with Crippen LogP contribution < -0.4 is 16.2 Å². The van der Waals surface area contributed by atoms with E-state index in [0.717, 1.165) is 5.56 Å². The van der Waals surface area contributed by atoms with E-state index in [1.807, 2.05) is 30.3 Å². The van der Waals surface area contributed by atoms with E-state index in [2.05, 4.69) is 21.3 Å². The predicted molar refractivity (Wildman–Crippen MR) is 123 cm³/mol. The minimum absolute atomic E-state index is 0.167. The first kappa shape index (κ1) is 24.2. The van der Waals surface area contributed by atoms with E-state index in [4.69, 9.17) is 9.26 Å². The number of ether oxygens (including phenoxy) is 1. The topological polar surface area (TPSA) is 143 Å². The summed E-state index contributed by atoms with van der Waals surface area (Å²) in [6.45, 7) is 5.80. The highest BCUT2D eigenvalue weighted by Gasteiger charge is 2.39. The first-order valence-corrected chi connectivity index (χ1v) is 11.5. The van der Waals surface area contributed by atoms with Crippen molar-refractivity contribution in [3.05, 3.63) is 42.1 Å².